The average molecular weight is 356 g/mol. The maximum Gasteiger partial charge on any atom is 0.175 e. The van der Waals surface area contributed by atoms with Gasteiger partial charge in [-0.25, -0.2) is 4.39 Å². The summed E-state index contributed by atoms with van der Waals surface area (Å²) < 4.78 is 19.8. The second-order valence-corrected chi connectivity index (χ2v) is 5.77. The molecular formula is C18H17FN4OS. The van der Waals surface area contributed by atoms with Crippen molar-refractivity contribution in [2.24, 2.45) is 0 Å². The molecular weight excluding hydrogens is 339 g/mol. The zero-order valence-corrected chi connectivity index (χ0v) is 14.4. The first-order chi connectivity index (χ1) is 12.1. The first-order valence-electron chi connectivity index (χ1n) is 7.61. The van der Waals surface area contributed by atoms with Crippen LogP contribution in [-0.2, 0) is 6.54 Å². The van der Waals surface area contributed by atoms with Crippen molar-refractivity contribution < 1.29 is 9.13 Å². The fourth-order valence-corrected chi connectivity index (χ4v) is 2.49. The van der Waals surface area contributed by atoms with Crippen molar-refractivity contribution in [3.8, 4) is 5.75 Å². The van der Waals surface area contributed by atoms with Crippen molar-refractivity contribution >= 4 is 28.7 Å². The number of hydrogen-bond acceptors (Lipinski definition) is 3. The molecule has 0 unspecified atom stereocenters. The molecule has 1 heterocycles. The third-order valence-electron chi connectivity index (χ3n) is 3.50. The lowest BCUT2D eigenvalue weighted by Crippen LogP contribution is -2.18. The number of rotatable bonds is 5. The molecule has 3 rings (SSSR count). The zero-order chi connectivity index (χ0) is 17.6. The molecule has 2 N–H and O–H groups in total. The molecule has 0 radical (unpaired) electrons. The molecule has 0 aliphatic heterocycles. The third-order valence-corrected chi connectivity index (χ3v) is 3.70. The average Bonchev–Trinajstić information content (AvgIpc) is 3.04. The van der Waals surface area contributed by atoms with E-state index in [9.17, 15) is 4.39 Å². The number of halogens is 1. The van der Waals surface area contributed by atoms with Gasteiger partial charge in [-0.05, 0) is 54.2 Å². The van der Waals surface area contributed by atoms with Crippen LogP contribution in [0.25, 0.3) is 0 Å². The molecule has 0 aliphatic carbocycles. The molecule has 1 aromatic heterocycles. The summed E-state index contributed by atoms with van der Waals surface area (Å²) in [4.78, 5) is 0. The zero-order valence-electron chi connectivity index (χ0n) is 13.6. The number of methoxy groups -OCH3 is 1. The van der Waals surface area contributed by atoms with E-state index in [-0.39, 0.29) is 5.82 Å². The van der Waals surface area contributed by atoms with Gasteiger partial charge in [-0.1, -0.05) is 12.1 Å². The third kappa shape index (κ3) is 4.77. The minimum atomic E-state index is -0.249. The Morgan fingerprint density at radius 2 is 1.76 bits per heavy atom. The minimum Gasteiger partial charge on any atom is -0.497 e. The number of benzene rings is 2. The lowest BCUT2D eigenvalue weighted by molar-refractivity contribution is 0.415. The molecule has 0 aliphatic rings. The number of thiocarbonyl (C=S) groups is 1. The van der Waals surface area contributed by atoms with Crippen molar-refractivity contribution in [3.63, 3.8) is 0 Å². The topological polar surface area (TPSA) is 51.1 Å². The first-order valence-corrected chi connectivity index (χ1v) is 8.02. The molecule has 25 heavy (non-hydrogen) atoms. The Bertz CT molecular complexity index is 846. The smallest absolute Gasteiger partial charge is 0.175 e. The standard InChI is InChI=1S/C18H17FN4OS/c1-24-17-8-6-15(7-9-17)21-18(25)22-16-10-20-23(12-16)11-13-2-4-14(19)5-3-13/h2-10,12H,11H2,1H3,(H2,21,22,25). The maximum atomic E-state index is 12.9. The molecule has 0 spiro atoms. The van der Waals surface area contributed by atoms with Crippen LogP contribution in [0.2, 0.25) is 0 Å². The van der Waals surface area contributed by atoms with Crippen LogP contribution in [0.3, 0.4) is 0 Å². The summed E-state index contributed by atoms with van der Waals surface area (Å²) in [7, 11) is 1.62. The second-order valence-electron chi connectivity index (χ2n) is 5.36. The monoisotopic (exact) mass is 356 g/mol. The molecule has 3 aromatic rings. The van der Waals surface area contributed by atoms with E-state index in [2.05, 4.69) is 15.7 Å². The van der Waals surface area contributed by atoms with Crippen molar-refractivity contribution in [2.75, 3.05) is 17.7 Å². The Morgan fingerprint density at radius 3 is 2.44 bits per heavy atom. The summed E-state index contributed by atoms with van der Waals surface area (Å²) in [5.41, 5.74) is 2.60. The molecule has 0 saturated carbocycles. The van der Waals surface area contributed by atoms with Gasteiger partial charge in [0.25, 0.3) is 0 Å². The summed E-state index contributed by atoms with van der Waals surface area (Å²) in [6.45, 7) is 0.556. The Morgan fingerprint density at radius 1 is 1.08 bits per heavy atom. The Labute approximate surface area is 150 Å². The summed E-state index contributed by atoms with van der Waals surface area (Å²) in [6, 6.07) is 13.8. The van der Waals surface area contributed by atoms with E-state index >= 15 is 0 Å². The Hall–Kier alpha value is -2.93. The van der Waals surface area contributed by atoms with E-state index < -0.39 is 0 Å². The van der Waals surface area contributed by atoms with Crippen LogP contribution in [0.4, 0.5) is 15.8 Å². The second kappa shape index (κ2) is 7.76. The minimum absolute atomic E-state index is 0.249. The predicted molar refractivity (Wildman–Crippen MR) is 101 cm³/mol. The first kappa shape index (κ1) is 16.9. The highest BCUT2D eigenvalue weighted by molar-refractivity contribution is 7.80. The number of ether oxygens (including phenoxy) is 1. The van der Waals surface area contributed by atoms with Crippen LogP contribution in [0.5, 0.6) is 5.75 Å². The maximum absolute atomic E-state index is 12.9. The lowest BCUT2D eigenvalue weighted by Gasteiger charge is -2.09. The highest BCUT2D eigenvalue weighted by Crippen LogP contribution is 2.15. The molecule has 0 atom stereocenters. The highest BCUT2D eigenvalue weighted by Gasteiger charge is 2.03. The molecule has 128 valence electrons. The van der Waals surface area contributed by atoms with E-state index in [1.54, 1.807) is 30.1 Å². The van der Waals surface area contributed by atoms with Crippen molar-refractivity contribution in [3.05, 3.63) is 72.3 Å². The van der Waals surface area contributed by atoms with E-state index in [0.29, 0.717) is 11.7 Å². The van der Waals surface area contributed by atoms with Gasteiger partial charge in [-0.15, -0.1) is 0 Å². The fourth-order valence-electron chi connectivity index (χ4n) is 2.26. The van der Waals surface area contributed by atoms with Gasteiger partial charge in [0.1, 0.15) is 11.6 Å². The van der Waals surface area contributed by atoms with E-state index in [0.717, 1.165) is 22.7 Å². The van der Waals surface area contributed by atoms with Gasteiger partial charge in [0.2, 0.25) is 0 Å². The van der Waals surface area contributed by atoms with Crippen molar-refractivity contribution in [2.45, 2.75) is 6.54 Å². The molecule has 5 nitrogen and oxygen atoms in total. The SMILES string of the molecule is COc1ccc(NC(=S)Nc2cnn(Cc3ccc(F)cc3)c2)cc1. The van der Waals surface area contributed by atoms with Crippen LogP contribution < -0.4 is 15.4 Å². The van der Waals surface area contributed by atoms with Crippen LogP contribution in [0.15, 0.2) is 60.9 Å². The molecule has 0 amide bonds. The van der Waals surface area contributed by atoms with Gasteiger partial charge in [0.15, 0.2) is 5.11 Å². The van der Waals surface area contributed by atoms with Crippen molar-refractivity contribution in [1.82, 2.24) is 9.78 Å². The van der Waals surface area contributed by atoms with Crippen LogP contribution in [0, 0.1) is 5.82 Å². The van der Waals surface area contributed by atoms with Gasteiger partial charge in [0, 0.05) is 11.9 Å². The summed E-state index contributed by atoms with van der Waals surface area (Å²) >= 11 is 5.30. The number of nitrogens with zero attached hydrogens (tertiary/aromatic N) is 2. The van der Waals surface area contributed by atoms with Gasteiger partial charge in [-0.2, -0.15) is 5.10 Å². The number of anilines is 2. The Kier molecular flexibility index (Phi) is 5.25. The molecule has 2 aromatic carbocycles. The molecule has 0 bridgehead atoms. The number of hydrogen-bond donors (Lipinski definition) is 2. The quantitative estimate of drug-likeness (QED) is 0.680. The normalized spacial score (nSPS) is 10.3. The number of nitrogens with one attached hydrogen (secondary N) is 2. The number of aromatic nitrogens is 2. The van der Waals surface area contributed by atoms with Gasteiger partial charge in [0.05, 0.1) is 25.5 Å². The summed E-state index contributed by atoms with van der Waals surface area (Å²) in [5.74, 6) is 0.535. The molecule has 7 heteroatoms. The van der Waals surface area contributed by atoms with Crippen LogP contribution in [-0.4, -0.2) is 22.0 Å². The van der Waals surface area contributed by atoms with E-state index in [4.69, 9.17) is 17.0 Å². The summed E-state index contributed by atoms with van der Waals surface area (Å²) in [6.07, 6.45) is 3.52. The van der Waals surface area contributed by atoms with Crippen LogP contribution in [0.1, 0.15) is 5.56 Å². The van der Waals surface area contributed by atoms with Gasteiger partial charge >= 0.3 is 0 Å². The van der Waals surface area contributed by atoms with E-state index in [1.807, 2.05) is 30.5 Å². The van der Waals surface area contributed by atoms with Crippen molar-refractivity contribution in [1.29, 1.82) is 0 Å². The Balaban J connectivity index is 1.56. The molecule has 0 fully saturated rings. The predicted octanol–water partition coefficient (Wildman–Crippen LogP) is 3.89. The highest BCUT2D eigenvalue weighted by atomic mass is 32.1. The molecule has 0 saturated heterocycles. The largest absolute Gasteiger partial charge is 0.497 e. The lowest BCUT2D eigenvalue weighted by atomic mass is 10.2. The fraction of sp³-hybridized carbons (Fsp3) is 0.111. The van der Waals surface area contributed by atoms with Crippen LogP contribution >= 0.6 is 12.2 Å². The van der Waals surface area contributed by atoms with Gasteiger partial charge in [-0.3, -0.25) is 4.68 Å². The van der Waals surface area contributed by atoms with Gasteiger partial charge < -0.3 is 15.4 Å². The summed E-state index contributed by atoms with van der Waals surface area (Å²) in [5, 5.41) is 10.9. The van der Waals surface area contributed by atoms with E-state index in [1.165, 1.54) is 12.1 Å².